The molecular weight excluding hydrogens is 287 g/mol. The molecule has 10 heteroatoms. The minimum absolute atomic E-state index is 0.0180. The van der Waals surface area contributed by atoms with Crippen LogP contribution in [0.5, 0.6) is 0 Å². The van der Waals surface area contributed by atoms with Crippen LogP contribution >= 0.6 is 0 Å². The molecule has 108 valence electrons. The van der Waals surface area contributed by atoms with E-state index in [4.69, 9.17) is 5.84 Å². The Bertz CT molecular complexity index is 794. The lowest BCUT2D eigenvalue weighted by Gasteiger charge is -2.09. The highest BCUT2D eigenvalue weighted by Crippen LogP contribution is 2.25. The molecular formula is C11H8F3N7. The first-order valence-electron chi connectivity index (χ1n) is 5.68. The van der Waals surface area contributed by atoms with Crippen LogP contribution in [0.3, 0.4) is 0 Å². The van der Waals surface area contributed by atoms with Crippen LogP contribution in [0, 0.1) is 17.5 Å². The monoisotopic (exact) mass is 295 g/mol. The largest absolute Gasteiger partial charge is 0.339 e. The van der Waals surface area contributed by atoms with Gasteiger partial charge in [0.1, 0.15) is 5.82 Å². The number of rotatable bonds is 3. The van der Waals surface area contributed by atoms with Crippen LogP contribution < -0.4 is 16.6 Å². The minimum atomic E-state index is -1.54. The zero-order valence-corrected chi connectivity index (χ0v) is 10.3. The summed E-state index contributed by atoms with van der Waals surface area (Å²) in [6.45, 7) is 0. The fourth-order valence-corrected chi connectivity index (χ4v) is 1.76. The first-order chi connectivity index (χ1) is 10.1. The third kappa shape index (κ3) is 2.31. The summed E-state index contributed by atoms with van der Waals surface area (Å²) in [6.07, 6.45) is 1.42. The second-order valence-corrected chi connectivity index (χ2v) is 4.05. The van der Waals surface area contributed by atoms with Gasteiger partial charge in [0.15, 0.2) is 23.1 Å². The van der Waals surface area contributed by atoms with Crippen molar-refractivity contribution < 1.29 is 13.2 Å². The summed E-state index contributed by atoms with van der Waals surface area (Å²) in [7, 11) is 0. The fourth-order valence-electron chi connectivity index (χ4n) is 1.76. The summed E-state index contributed by atoms with van der Waals surface area (Å²) in [6, 6.07) is 1.62. The molecule has 0 atom stereocenters. The van der Waals surface area contributed by atoms with Gasteiger partial charge in [-0.3, -0.25) is 10.5 Å². The van der Waals surface area contributed by atoms with Crippen LogP contribution in [-0.4, -0.2) is 20.2 Å². The molecule has 7 nitrogen and oxygen atoms in total. The number of hydrogen-bond donors (Lipinski definition) is 4. The summed E-state index contributed by atoms with van der Waals surface area (Å²) in [4.78, 5) is 8.00. The molecule has 3 rings (SSSR count). The number of aromatic amines is 1. The van der Waals surface area contributed by atoms with Crippen molar-refractivity contribution in [2.24, 2.45) is 5.84 Å². The van der Waals surface area contributed by atoms with Crippen LogP contribution in [-0.2, 0) is 0 Å². The van der Waals surface area contributed by atoms with Gasteiger partial charge in [-0.1, -0.05) is 0 Å². The molecule has 2 aromatic heterocycles. The van der Waals surface area contributed by atoms with Crippen LogP contribution in [0.25, 0.3) is 11.0 Å². The van der Waals surface area contributed by atoms with E-state index in [0.717, 1.165) is 12.1 Å². The summed E-state index contributed by atoms with van der Waals surface area (Å²) in [5, 5.41) is 9.53. The molecule has 2 heterocycles. The molecule has 0 saturated carbocycles. The van der Waals surface area contributed by atoms with Crippen molar-refractivity contribution in [3.63, 3.8) is 0 Å². The Balaban J connectivity index is 2.07. The van der Waals surface area contributed by atoms with Crippen molar-refractivity contribution in [3.05, 3.63) is 35.8 Å². The molecule has 0 aliphatic heterocycles. The highest BCUT2D eigenvalue weighted by Gasteiger charge is 2.13. The van der Waals surface area contributed by atoms with Crippen LogP contribution in [0.4, 0.5) is 30.6 Å². The van der Waals surface area contributed by atoms with Gasteiger partial charge in [0, 0.05) is 17.8 Å². The van der Waals surface area contributed by atoms with E-state index in [9.17, 15) is 13.2 Å². The lowest BCUT2D eigenvalue weighted by Crippen LogP contribution is -2.11. The summed E-state index contributed by atoms with van der Waals surface area (Å²) < 4.78 is 39.3. The number of hydrazine groups is 1. The number of aromatic nitrogens is 4. The molecule has 0 fully saturated rings. The summed E-state index contributed by atoms with van der Waals surface area (Å²) in [5.41, 5.74) is 2.60. The van der Waals surface area contributed by atoms with Gasteiger partial charge in [0.25, 0.3) is 0 Å². The second-order valence-electron chi connectivity index (χ2n) is 4.05. The molecule has 1 aromatic carbocycles. The molecule has 3 aromatic rings. The number of benzene rings is 1. The molecule has 0 saturated heterocycles. The van der Waals surface area contributed by atoms with Gasteiger partial charge in [-0.05, 0) is 0 Å². The molecule has 0 amide bonds. The summed E-state index contributed by atoms with van der Waals surface area (Å²) >= 11 is 0. The van der Waals surface area contributed by atoms with Gasteiger partial charge in [-0.2, -0.15) is 15.1 Å². The fraction of sp³-hybridized carbons (Fsp3) is 0. The first-order valence-corrected chi connectivity index (χ1v) is 5.68. The molecule has 0 spiro atoms. The zero-order valence-electron chi connectivity index (χ0n) is 10.3. The van der Waals surface area contributed by atoms with Gasteiger partial charge in [0.05, 0.1) is 11.6 Å². The number of nitrogens with one attached hydrogen (secondary N) is 3. The van der Waals surface area contributed by atoms with Crippen molar-refractivity contribution in [2.75, 3.05) is 10.7 Å². The quantitative estimate of drug-likeness (QED) is 0.334. The number of nitrogens with zero attached hydrogens (tertiary/aromatic N) is 3. The number of H-pyrrole nitrogens is 1. The zero-order chi connectivity index (χ0) is 15.0. The van der Waals surface area contributed by atoms with E-state index in [1.807, 2.05) is 0 Å². The minimum Gasteiger partial charge on any atom is -0.339 e. The van der Waals surface area contributed by atoms with Crippen LogP contribution in [0.1, 0.15) is 0 Å². The molecule has 0 aliphatic rings. The van der Waals surface area contributed by atoms with Gasteiger partial charge < -0.3 is 5.32 Å². The SMILES string of the molecule is NNc1nc(Nc2cc(F)c(F)c(F)c2)c2cn[nH]c2n1. The van der Waals surface area contributed by atoms with Crippen LogP contribution in [0.2, 0.25) is 0 Å². The Morgan fingerprint density at radius 3 is 2.48 bits per heavy atom. The Morgan fingerprint density at radius 1 is 1.10 bits per heavy atom. The molecule has 0 aliphatic carbocycles. The standard InChI is InChI=1S/C11H8F3N7/c12-6-1-4(2-7(13)8(6)14)17-9-5-3-16-21-10(5)19-11(18-9)20-15/h1-3H,15H2,(H3,16,17,18,19,20,21). The van der Waals surface area contributed by atoms with Crippen molar-refractivity contribution >= 4 is 28.5 Å². The van der Waals surface area contributed by atoms with Gasteiger partial charge in [-0.25, -0.2) is 19.0 Å². The Labute approximate surface area is 115 Å². The van der Waals surface area contributed by atoms with Gasteiger partial charge in [-0.15, -0.1) is 0 Å². The summed E-state index contributed by atoms with van der Waals surface area (Å²) in [5.74, 6) is 1.33. The number of anilines is 3. The molecule has 0 radical (unpaired) electrons. The number of fused-ring (bicyclic) bond motifs is 1. The topological polar surface area (TPSA) is 105 Å². The van der Waals surface area contributed by atoms with E-state index >= 15 is 0 Å². The van der Waals surface area contributed by atoms with Crippen molar-refractivity contribution in [1.82, 2.24) is 20.2 Å². The Hall–Kier alpha value is -2.88. The lowest BCUT2D eigenvalue weighted by atomic mass is 10.2. The number of nitrogen functional groups attached to an aromatic ring is 1. The number of halogens is 3. The average molecular weight is 295 g/mol. The Kier molecular flexibility index (Phi) is 3.06. The number of nitrogens with two attached hydrogens (primary N) is 1. The maximum atomic E-state index is 13.2. The highest BCUT2D eigenvalue weighted by molar-refractivity contribution is 5.88. The van der Waals surface area contributed by atoms with Crippen molar-refractivity contribution in [1.29, 1.82) is 0 Å². The van der Waals surface area contributed by atoms with Gasteiger partial charge in [0.2, 0.25) is 5.95 Å². The van der Waals surface area contributed by atoms with Gasteiger partial charge >= 0.3 is 0 Å². The molecule has 5 N–H and O–H groups in total. The van der Waals surface area contributed by atoms with E-state index in [-0.39, 0.29) is 17.5 Å². The van der Waals surface area contributed by atoms with E-state index in [0.29, 0.717) is 11.0 Å². The lowest BCUT2D eigenvalue weighted by molar-refractivity contribution is 0.448. The third-order valence-corrected chi connectivity index (χ3v) is 2.69. The maximum absolute atomic E-state index is 13.2. The first kappa shape index (κ1) is 13.1. The normalized spacial score (nSPS) is 10.9. The third-order valence-electron chi connectivity index (χ3n) is 2.69. The van der Waals surface area contributed by atoms with Crippen molar-refractivity contribution in [2.45, 2.75) is 0 Å². The number of hydrogen-bond acceptors (Lipinski definition) is 6. The second kappa shape index (κ2) is 4.90. The molecule has 21 heavy (non-hydrogen) atoms. The van der Waals surface area contributed by atoms with E-state index in [2.05, 4.69) is 30.9 Å². The van der Waals surface area contributed by atoms with E-state index in [1.165, 1.54) is 6.20 Å². The van der Waals surface area contributed by atoms with E-state index in [1.54, 1.807) is 0 Å². The van der Waals surface area contributed by atoms with Crippen LogP contribution in [0.15, 0.2) is 18.3 Å². The maximum Gasteiger partial charge on any atom is 0.241 e. The average Bonchev–Trinajstić information content (AvgIpc) is 2.93. The predicted octanol–water partition coefficient (Wildman–Crippen LogP) is 1.80. The molecule has 0 bridgehead atoms. The Morgan fingerprint density at radius 2 is 1.81 bits per heavy atom. The molecule has 0 unspecified atom stereocenters. The predicted molar refractivity (Wildman–Crippen MR) is 69.1 cm³/mol. The van der Waals surface area contributed by atoms with Crippen molar-refractivity contribution in [3.8, 4) is 0 Å². The van der Waals surface area contributed by atoms with E-state index < -0.39 is 17.5 Å². The smallest absolute Gasteiger partial charge is 0.241 e. The highest BCUT2D eigenvalue weighted by atomic mass is 19.2.